The monoisotopic (exact) mass is 748 g/mol. The van der Waals surface area contributed by atoms with Crippen LogP contribution in [0.15, 0.2) is 12.2 Å². The van der Waals surface area contributed by atoms with E-state index in [1.807, 2.05) is 0 Å². The summed E-state index contributed by atoms with van der Waals surface area (Å²) in [5.41, 5.74) is 0. The second kappa shape index (κ2) is 35.3. The zero-order valence-electron chi connectivity index (χ0n) is 32.2. The summed E-state index contributed by atoms with van der Waals surface area (Å²) < 4.78 is 26.7. The number of carbonyl (C=O) groups is 3. The standard InChI is InChI=1S/C39H74NO10P/c1-3-5-7-9-11-13-15-17-18-19-20-22-24-26-28-30-37(42)40-36(39(44)45)34-50-51(46,47)49-33-35(41)32-48-38(43)31-29-27-25-23-21-16-14-12-10-8-6-4-2/h12,14,35-36,41H,3-11,13,15-34H2,1-2H3,(H,40,42)(H,44,45)(H,46,47)/b14-12-. The molecular weight excluding hydrogens is 673 g/mol. The predicted molar refractivity (Wildman–Crippen MR) is 203 cm³/mol. The number of aliphatic hydroxyl groups excluding tert-OH is 1. The number of hydrogen-bond donors (Lipinski definition) is 4. The van der Waals surface area contributed by atoms with E-state index in [2.05, 4.69) is 31.3 Å². The van der Waals surface area contributed by atoms with Crippen molar-refractivity contribution in [3.63, 3.8) is 0 Å². The smallest absolute Gasteiger partial charge is 0.472 e. The van der Waals surface area contributed by atoms with Crippen LogP contribution < -0.4 is 5.32 Å². The average Bonchev–Trinajstić information content (AvgIpc) is 3.10. The van der Waals surface area contributed by atoms with Crippen molar-refractivity contribution in [2.75, 3.05) is 19.8 Å². The molecule has 0 aliphatic heterocycles. The van der Waals surface area contributed by atoms with Gasteiger partial charge < -0.3 is 25.2 Å². The molecule has 0 radical (unpaired) electrons. The maximum Gasteiger partial charge on any atom is 0.472 e. The number of nitrogens with one attached hydrogen (secondary N) is 1. The van der Waals surface area contributed by atoms with E-state index in [1.54, 1.807) is 0 Å². The Kier molecular flexibility index (Phi) is 34.0. The highest BCUT2D eigenvalue weighted by molar-refractivity contribution is 7.47. The van der Waals surface area contributed by atoms with Crippen molar-refractivity contribution in [3.05, 3.63) is 12.2 Å². The molecule has 0 heterocycles. The number of phosphoric acid groups is 1. The molecule has 0 aromatic rings. The van der Waals surface area contributed by atoms with Crippen LogP contribution >= 0.6 is 7.82 Å². The number of carboxylic acids is 1. The summed E-state index contributed by atoms with van der Waals surface area (Å²) in [6, 6.07) is -1.54. The highest BCUT2D eigenvalue weighted by atomic mass is 31.2. The molecule has 51 heavy (non-hydrogen) atoms. The third kappa shape index (κ3) is 35.0. The summed E-state index contributed by atoms with van der Waals surface area (Å²) in [5.74, 6) is -2.37. The average molecular weight is 748 g/mol. The Balaban J connectivity index is 3.94. The fourth-order valence-corrected chi connectivity index (χ4v) is 6.38. The Labute approximate surface area is 309 Å². The number of aliphatic carboxylic acids is 1. The second-order valence-corrected chi connectivity index (χ2v) is 15.3. The van der Waals surface area contributed by atoms with Crippen LogP contribution in [-0.4, -0.2) is 64.9 Å². The van der Waals surface area contributed by atoms with Gasteiger partial charge in [0.1, 0.15) is 12.7 Å². The lowest BCUT2D eigenvalue weighted by Crippen LogP contribution is -2.43. The third-order valence-electron chi connectivity index (χ3n) is 8.80. The van der Waals surface area contributed by atoms with Gasteiger partial charge in [-0.05, 0) is 38.5 Å². The number of aliphatic hydroxyl groups is 1. The summed E-state index contributed by atoms with van der Waals surface area (Å²) in [4.78, 5) is 45.7. The molecule has 1 amide bonds. The molecule has 0 fully saturated rings. The minimum atomic E-state index is -4.75. The number of amides is 1. The van der Waals surface area contributed by atoms with E-state index in [0.717, 1.165) is 57.8 Å². The van der Waals surface area contributed by atoms with Crippen LogP contribution in [0.4, 0.5) is 0 Å². The molecule has 3 atom stereocenters. The van der Waals surface area contributed by atoms with E-state index in [1.165, 1.54) is 89.9 Å². The number of allylic oxidation sites excluding steroid dienone is 2. The third-order valence-corrected chi connectivity index (χ3v) is 9.76. The largest absolute Gasteiger partial charge is 0.480 e. The minimum absolute atomic E-state index is 0.150. The number of ether oxygens (including phenoxy) is 1. The van der Waals surface area contributed by atoms with Crippen molar-refractivity contribution in [2.24, 2.45) is 0 Å². The molecule has 3 unspecified atom stereocenters. The Morgan fingerprint density at radius 2 is 1.02 bits per heavy atom. The van der Waals surface area contributed by atoms with Crippen LogP contribution in [0.5, 0.6) is 0 Å². The topological polar surface area (TPSA) is 169 Å². The minimum Gasteiger partial charge on any atom is -0.480 e. The summed E-state index contributed by atoms with van der Waals surface area (Å²) >= 11 is 0. The Morgan fingerprint density at radius 1 is 0.608 bits per heavy atom. The van der Waals surface area contributed by atoms with Gasteiger partial charge in [-0.3, -0.25) is 18.6 Å². The lowest BCUT2D eigenvalue weighted by molar-refractivity contribution is -0.147. The lowest BCUT2D eigenvalue weighted by Gasteiger charge is -2.18. The molecule has 0 bridgehead atoms. The Bertz CT molecular complexity index is 932. The summed E-state index contributed by atoms with van der Waals surface area (Å²) in [6.07, 6.45) is 32.4. The number of hydrogen-bond acceptors (Lipinski definition) is 8. The molecule has 0 rings (SSSR count). The van der Waals surface area contributed by atoms with Gasteiger partial charge in [-0.1, -0.05) is 148 Å². The van der Waals surface area contributed by atoms with Crippen LogP contribution in [0, 0.1) is 0 Å². The number of esters is 1. The molecule has 0 saturated carbocycles. The highest BCUT2D eigenvalue weighted by Gasteiger charge is 2.28. The van der Waals surface area contributed by atoms with E-state index in [4.69, 9.17) is 13.8 Å². The first-order chi connectivity index (χ1) is 24.6. The molecule has 4 N–H and O–H groups in total. The van der Waals surface area contributed by atoms with Crippen molar-refractivity contribution < 1.29 is 47.8 Å². The molecule has 12 heteroatoms. The van der Waals surface area contributed by atoms with Crippen LogP contribution in [-0.2, 0) is 32.7 Å². The maximum atomic E-state index is 12.3. The van der Waals surface area contributed by atoms with Crippen molar-refractivity contribution >= 4 is 25.7 Å². The molecule has 0 spiro atoms. The van der Waals surface area contributed by atoms with Crippen molar-refractivity contribution in [3.8, 4) is 0 Å². The lowest BCUT2D eigenvalue weighted by atomic mass is 10.0. The van der Waals surface area contributed by atoms with Gasteiger partial charge in [0.2, 0.25) is 5.91 Å². The van der Waals surface area contributed by atoms with E-state index in [0.29, 0.717) is 12.8 Å². The van der Waals surface area contributed by atoms with Crippen LogP contribution in [0.1, 0.15) is 187 Å². The number of rotatable bonds is 38. The van der Waals surface area contributed by atoms with Gasteiger partial charge in [0, 0.05) is 12.8 Å². The second-order valence-electron chi connectivity index (χ2n) is 13.8. The van der Waals surface area contributed by atoms with Crippen LogP contribution in [0.3, 0.4) is 0 Å². The van der Waals surface area contributed by atoms with Crippen molar-refractivity contribution in [2.45, 2.75) is 199 Å². The molecule has 0 aliphatic carbocycles. The van der Waals surface area contributed by atoms with E-state index in [9.17, 15) is 34.1 Å². The Hall–Kier alpha value is -1.78. The molecule has 300 valence electrons. The SMILES string of the molecule is CCCCC/C=C\CCCCCCCC(=O)OCC(O)COP(=O)(O)OCC(NC(=O)CCCCCCCCCCCCCCCCC)C(=O)O. The molecule has 0 saturated heterocycles. The van der Waals surface area contributed by atoms with Crippen molar-refractivity contribution in [1.29, 1.82) is 0 Å². The first-order valence-electron chi connectivity index (χ1n) is 20.2. The number of phosphoric ester groups is 1. The molecule has 11 nitrogen and oxygen atoms in total. The van der Waals surface area contributed by atoms with Gasteiger partial charge in [0.05, 0.1) is 13.2 Å². The normalized spacial score (nSPS) is 14.0. The first-order valence-corrected chi connectivity index (χ1v) is 21.7. The number of carbonyl (C=O) groups excluding carboxylic acids is 2. The zero-order chi connectivity index (χ0) is 37.8. The molecule has 0 aromatic heterocycles. The maximum absolute atomic E-state index is 12.3. The van der Waals surface area contributed by atoms with Gasteiger partial charge in [0.25, 0.3) is 0 Å². The van der Waals surface area contributed by atoms with Crippen LogP contribution in [0.25, 0.3) is 0 Å². The van der Waals surface area contributed by atoms with Gasteiger partial charge in [0.15, 0.2) is 6.04 Å². The molecular formula is C39H74NO10P. The van der Waals surface area contributed by atoms with Gasteiger partial charge in [-0.25, -0.2) is 9.36 Å². The Morgan fingerprint density at radius 3 is 1.53 bits per heavy atom. The molecule has 0 aromatic carbocycles. The summed E-state index contributed by atoms with van der Waals surface area (Å²) in [6.45, 7) is 2.55. The number of unbranched alkanes of at least 4 members (excludes halogenated alkanes) is 22. The van der Waals surface area contributed by atoms with E-state index < -0.39 is 57.6 Å². The summed E-state index contributed by atoms with van der Waals surface area (Å²) in [5, 5.41) is 21.8. The first kappa shape index (κ1) is 49.2. The quantitative estimate of drug-likeness (QED) is 0.0206. The van der Waals surface area contributed by atoms with Gasteiger partial charge in [-0.2, -0.15) is 0 Å². The zero-order valence-corrected chi connectivity index (χ0v) is 33.1. The molecule has 0 aliphatic rings. The fourth-order valence-electron chi connectivity index (χ4n) is 5.60. The van der Waals surface area contributed by atoms with Gasteiger partial charge in [-0.15, -0.1) is 0 Å². The van der Waals surface area contributed by atoms with Gasteiger partial charge >= 0.3 is 19.8 Å². The summed E-state index contributed by atoms with van der Waals surface area (Å²) in [7, 11) is -4.75. The van der Waals surface area contributed by atoms with E-state index >= 15 is 0 Å². The van der Waals surface area contributed by atoms with E-state index in [-0.39, 0.29) is 12.8 Å². The number of carboxylic acid groups (broad SMARTS) is 1. The van der Waals surface area contributed by atoms with Crippen LogP contribution in [0.2, 0.25) is 0 Å². The fraction of sp³-hybridized carbons (Fsp3) is 0.872. The highest BCUT2D eigenvalue weighted by Crippen LogP contribution is 2.43. The predicted octanol–water partition coefficient (Wildman–Crippen LogP) is 9.72. The van der Waals surface area contributed by atoms with Crippen molar-refractivity contribution in [1.82, 2.24) is 5.32 Å².